The highest BCUT2D eigenvalue weighted by Crippen LogP contribution is 2.43. The average Bonchev–Trinajstić information content (AvgIpc) is 3.93. The first-order chi connectivity index (χ1) is 28.8. The Morgan fingerprint density at radius 3 is 1.05 bits per heavy atom. The van der Waals surface area contributed by atoms with E-state index in [4.69, 9.17) is 0 Å². The van der Waals surface area contributed by atoms with Crippen molar-refractivity contribution in [2.45, 2.75) is 6.04 Å². The fraction of sp³-hybridized carbons (Fsp3) is 0.0185. The Morgan fingerprint density at radius 1 is 0.328 bits per heavy atom. The lowest BCUT2D eigenvalue weighted by Crippen LogP contribution is -2.39. The van der Waals surface area contributed by atoms with Crippen molar-refractivity contribution in [1.29, 1.82) is 0 Å². The van der Waals surface area contributed by atoms with E-state index in [1.54, 1.807) is 0 Å². The van der Waals surface area contributed by atoms with Gasteiger partial charge in [0.05, 0.1) is 27.8 Å². The molecule has 0 aliphatic heterocycles. The van der Waals surface area contributed by atoms with Gasteiger partial charge in [-0.2, -0.15) is 4.57 Å². The SMILES string of the molecule is c1ccc2c(c1)-c1ccccc1C2[n+]1ccc(N(c2ccc(-n3c4ccccc4c4ccccc43)cc2)c2ccc(-n3c4ccccc4c4ccccc43)cc2)cc1. The third-order valence-corrected chi connectivity index (χ3v) is 12.1. The summed E-state index contributed by atoms with van der Waals surface area (Å²) in [6.45, 7) is 0. The van der Waals surface area contributed by atoms with Gasteiger partial charge in [0.1, 0.15) is 0 Å². The molecule has 0 bridgehead atoms. The van der Waals surface area contributed by atoms with Crippen LogP contribution in [-0.4, -0.2) is 9.13 Å². The molecule has 1 aliphatic carbocycles. The second-order valence-electron chi connectivity index (χ2n) is 15.2. The van der Waals surface area contributed by atoms with Gasteiger partial charge in [0.2, 0.25) is 6.04 Å². The zero-order chi connectivity index (χ0) is 38.2. The maximum absolute atomic E-state index is 2.38. The van der Waals surface area contributed by atoms with Gasteiger partial charge >= 0.3 is 0 Å². The fourth-order valence-electron chi connectivity index (χ4n) is 9.55. The molecule has 272 valence electrons. The van der Waals surface area contributed by atoms with Crippen molar-refractivity contribution in [3.05, 3.63) is 230 Å². The molecule has 0 amide bonds. The Bertz CT molecular complexity index is 3030. The summed E-state index contributed by atoms with van der Waals surface area (Å²) in [5, 5.41) is 5.05. The second kappa shape index (κ2) is 12.9. The lowest BCUT2D eigenvalue weighted by atomic mass is 10.0. The van der Waals surface area contributed by atoms with Crippen molar-refractivity contribution in [3.63, 3.8) is 0 Å². The minimum atomic E-state index is 0.117. The van der Waals surface area contributed by atoms with E-state index in [9.17, 15) is 0 Å². The van der Waals surface area contributed by atoms with Crippen molar-refractivity contribution in [2.75, 3.05) is 4.90 Å². The molecule has 1 aliphatic rings. The summed E-state index contributed by atoms with van der Waals surface area (Å²) in [5.74, 6) is 0. The third kappa shape index (κ3) is 4.92. The van der Waals surface area contributed by atoms with Gasteiger partial charge in [-0.25, -0.2) is 0 Å². The van der Waals surface area contributed by atoms with Crippen LogP contribution in [0.2, 0.25) is 0 Å². The van der Waals surface area contributed by atoms with Crippen LogP contribution in [-0.2, 0) is 0 Å². The van der Waals surface area contributed by atoms with Crippen LogP contribution < -0.4 is 9.47 Å². The van der Waals surface area contributed by atoms with Gasteiger partial charge in [0, 0.05) is 67.6 Å². The zero-order valence-corrected chi connectivity index (χ0v) is 31.7. The standard InChI is InChI=1S/C54H37N4/c1-3-19-48-42(13-1)43-14-2-4-20-49(43)54(48)55-35-33-41(34-36-55)56(37-25-29-39(30-26-37)57-50-21-9-5-15-44(50)45-16-6-10-22-51(45)57)38-27-31-40(32-28-38)58-52-23-11-7-17-46(52)47-18-8-12-24-53(47)58/h1-36,54H/q+1. The Balaban J connectivity index is 0.980. The van der Waals surface area contributed by atoms with E-state index in [1.807, 2.05) is 0 Å². The molecule has 3 heterocycles. The van der Waals surface area contributed by atoms with Crippen LogP contribution in [0.4, 0.5) is 17.1 Å². The molecule has 3 aromatic heterocycles. The van der Waals surface area contributed by atoms with E-state index < -0.39 is 0 Å². The molecule has 0 atom stereocenters. The third-order valence-electron chi connectivity index (χ3n) is 12.1. The molecular formula is C54H37N4+. The summed E-state index contributed by atoms with van der Waals surface area (Å²) in [7, 11) is 0. The molecule has 11 aromatic rings. The first-order valence-electron chi connectivity index (χ1n) is 20.0. The Hall–Kier alpha value is -7.69. The highest BCUT2D eigenvalue weighted by Gasteiger charge is 2.35. The fourth-order valence-corrected chi connectivity index (χ4v) is 9.55. The summed E-state index contributed by atoms with van der Waals surface area (Å²) < 4.78 is 7.10. The minimum absolute atomic E-state index is 0.117. The molecular weight excluding hydrogens is 705 g/mol. The molecule has 4 nitrogen and oxygen atoms in total. The van der Waals surface area contributed by atoms with Gasteiger partial charge in [0.25, 0.3) is 0 Å². The first kappa shape index (κ1) is 32.5. The van der Waals surface area contributed by atoms with Gasteiger partial charge in [0.15, 0.2) is 12.4 Å². The van der Waals surface area contributed by atoms with E-state index in [-0.39, 0.29) is 6.04 Å². The lowest BCUT2D eigenvalue weighted by Gasteiger charge is -2.26. The summed E-state index contributed by atoms with van der Waals surface area (Å²) in [6, 6.07) is 75.0. The zero-order valence-electron chi connectivity index (χ0n) is 31.7. The molecule has 0 saturated heterocycles. The molecule has 0 unspecified atom stereocenters. The van der Waals surface area contributed by atoms with Crippen LogP contribution >= 0.6 is 0 Å². The highest BCUT2D eigenvalue weighted by atomic mass is 15.1. The molecule has 0 saturated carbocycles. The Morgan fingerprint density at radius 2 is 0.655 bits per heavy atom. The first-order valence-corrected chi connectivity index (χ1v) is 20.0. The predicted octanol–water partition coefficient (Wildman–Crippen LogP) is 13.3. The van der Waals surface area contributed by atoms with Gasteiger partial charge in [-0.3, -0.25) is 0 Å². The van der Waals surface area contributed by atoms with E-state index in [1.165, 1.54) is 65.9 Å². The number of rotatable bonds is 6. The number of benzene rings is 8. The number of nitrogens with zero attached hydrogens (tertiary/aromatic N) is 4. The smallest absolute Gasteiger partial charge is 0.210 e. The summed E-state index contributed by atoms with van der Waals surface area (Å²) in [6.07, 6.45) is 4.48. The van der Waals surface area contributed by atoms with Crippen LogP contribution in [0.5, 0.6) is 0 Å². The van der Waals surface area contributed by atoms with Crippen molar-refractivity contribution in [3.8, 4) is 22.5 Å². The van der Waals surface area contributed by atoms with Crippen molar-refractivity contribution in [1.82, 2.24) is 9.13 Å². The number of anilines is 3. The lowest BCUT2D eigenvalue weighted by molar-refractivity contribution is -0.704. The van der Waals surface area contributed by atoms with E-state index in [2.05, 4.69) is 237 Å². The number of para-hydroxylation sites is 4. The van der Waals surface area contributed by atoms with Crippen LogP contribution in [0.25, 0.3) is 66.1 Å². The van der Waals surface area contributed by atoms with Crippen molar-refractivity contribution < 1.29 is 4.57 Å². The normalized spacial score (nSPS) is 12.4. The average molecular weight is 742 g/mol. The monoisotopic (exact) mass is 741 g/mol. The molecule has 12 rings (SSSR count). The maximum atomic E-state index is 2.38. The number of pyridine rings is 1. The van der Waals surface area contributed by atoms with Gasteiger partial charge in [-0.1, -0.05) is 121 Å². The minimum Gasteiger partial charge on any atom is -0.310 e. The van der Waals surface area contributed by atoms with E-state index in [0.29, 0.717) is 0 Å². The molecule has 0 radical (unpaired) electrons. The van der Waals surface area contributed by atoms with Crippen LogP contribution in [0.3, 0.4) is 0 Å². The molecule has 0 N–H and O–H groups in total. The van der Waals surface area contributed by atoms with Gasteiger partial charge in [-0.05, 0) is 83.9 Å². The van der Waals surface area contributed by atoms with Gasteiger partial charge < -0.3 is 14.0 Å². The largest absolute Gasteiger partial charge is 0.310 e. The number of hydrogen-bond acceptors (Lipinski definition) is 1. The van der Waals surface area contributed by atoms with Crippen LogP contribution in [0.15, 0.2) is 219 Å². The van der Waals surface area contributed by atoms with Crippen molar-refractivity contribution >= 4 is 60.7 Å². The summed E-state index contributed by atoms with van der Waals surface area (Å²) in [5.41, 5.74) is 15.6. The van der Waals surface area contributed by atoms with Gasteiger partial charge in [-0.15, -0.1) is 0 Å². The highest BCUT2D eigenvalue weighted by molar-refractivity contribution is 6.10. The number of aromatic nitrogens is 3. The maximum Gasteiger partial charge on any atom is 0.210 e. The predicted molar refractivity (Wildman–Crippen MR) is 239 cm³/mol. The molecule has 0 spiro atoms. The molecule has 4 heteroatoms. The summed E-state index contributed by atoms with van der Waals surface area (Å²) >= 11 is 0. The van der Waals surface area contributed by atoms with E-state index >= 15 is 0 Å². The number of hydrogen-bond donors (Lipinski definition) is 0. The summed E-state index contributed by atoms with van der Waals surface area (Å²) in [4.78, 5) is 2.37. The molecule has 0 fully saturated rings. The Labute approximate surface area is 336 Å². The van der Waals surface area contributed by atoms with Crippen LogP contribution in [0.1, 0.15) is 17.2 Å². The van der Waals surface area contributed by atoms with E-state index in [0.717, 1.165) is 28.4 Å². The van der Waals surface area contributed by atoms with Crippen molar-refractivity contribution in [2.24, 2.45) is 0 Å². The molecule has 8 aromatic carbocycles. The second-order valence-corrected chi connectivity index (χ2v) is 15.2. The molecule has 58 heavy (non-hydrogen) atoms. The number of fused-ring (bicyclic) bond motifs is 9. The Kier molecular flexibility index (Phi) is 7.26. The quantitative estimate of drug-likeness (QED) is 0.155. The topological polar surface area (TPSA) is 17.0 Å². The van der Waals surface area contributed by atoms with Crippen LogP contribution in [0, 0.1) is 0 Å².